The third kappa shape index (κ3) is 4.26. The van der Waals surface area contributed by atoms with Gasteiger partial charge in [-0.15, -0.1) is 0 Å². The van der Waals surface area contributed by atoms with Crippen LogP contribution in [0.15, 0.2) is 70.4 Å². The fraction of sp³-hybridized carbons (Fsp3) is 0.0455. The van der Waals surface area contributed by atoms with Gasteiger partial charge in [-0.25, -0.2) is 23.2 Å². The van der Waals surface area contributed by atoms with Gasteiger partial charge in [0, 0.05) is 16.8 Å². The van der Waals surface area contributed by atoms with Crippen LogP contribution in [-0.2, 0) is 10.0 Å². The molecule has 0 bridgehead atoms. The average Bonchev–Trinajstić information content (AvgIpc) is 3.18. The number of aromatic amines is 2. The Balaban J connectivity index is 1.60. The Morgan fingerprint density at radius 3 is 2.38 bits per heavy atom. The molecule has 0 aliphatic heterocycles. The number of methoxy groups -OCH3 is 1. The van der Waals surface area contributed by atoms with Gasteiger partial charge in [-0.05, 0) is 54.6 Å². The Labute approximate surface area is 198 Å². The molecule has 0 spiro atoms. The van der Waals surface area contributed by atoms with Gasteiger partial charge in [0.2, 0.25) is 0 Å². The highest BCUT2D eigenvalue weighted by molar-refractivity contribution is 7.92. The lowest BCUT2D eigenvalue weighted by Gasteiger charge is -2.14. The van der Waals surface area contributed by atoms with Crippen molar-refractivity contribution in [3.8, 4) is 5.75 Å². The number of benzene rings is 3. The third-order valence-electron chi connectivity index (χ3n) is 5.01. The molecule has 2 aromatic heterocycles. The molecule has 0 aliphatic rings. The first-order valence-corrected chi connectivity index (χ1v) is 11.8. The number of hydrogen-bond donors (Lipinski definition) is 4. The molecule has 10 nitrogen and oxygen atoms in total. The van der Waals surface area contributed by atoms with Gasteiger partial charge >= 0.3 is 5.69 Å². The lowest BCUT2D eigenvalue weighted by atomic mass is 10.2. The molecule has 0 fully saturated rings. The van der Waals surface area contributed by atoms with Gasteiger partial charge in [0.1, 0.15) is 5.75 Å². The quantitative estimate of drug-likeness (QED) is 0.278. The maximum absolute atomic E-state index is 13.0. The second-order valence-corrected chi connectivity index (χ2v) is 9.42. The minimum absolute atomic E-state index is 0.00437. The van der Waals surface area contributed by atoms with Crippen LogP contribution in [-0.4, -0.2) is 35.5 Å². The summed E-state index contributed by atoms with van der Waals surface area (Å²) in [5, 5.41) is 3.50. The molecule has 0 aliphatic carbocycles. The Morgan fingerprint density at radius 2 is 1.62 bits per heavy atom. The van der Waals surface area contributed by atoms with E-state index in [4.69, 9.17) is 16.3 Å². The SMILES string of the molecule is COc1ccc2nc(NS(=O)(=O)c3ccc(Cl)cc3)c(Nc3ccc4[nH]c(=O)[nH]c4c3)nc2c1. The number of H-pyrrole nitrogens is 2. The molecule has 0 radical (unpaired) electrons. The molecule has 0 saturated carbocycles. The molecule has 4 N–H and O–H groups in total. The fourth-order valence-corrected chi connectivity index (χ4v) is 4.50. The van der Waals surface area contributed by atoms with Crippen molar-refractivity contribution in [2.24, 2.45) is 0 Å². The summed E-state index contributed by atoms with van der Waals surface area (Å²) >= 11 is 5.89. The summed E-state index contributed by atoms with van der Waals surface area (Å²) in [6.45, 7) is 0. The molecule has 5 rings (SSSR count). The van der Waals surface area contributed by atoms with Crippen molar-refractivity contribution in [3.05, 3.63) is 76.2 Å². The Morgan fingerprint density at radius 1 is 0.882 bits per heavy atom. The zero-order valence-corrected chi connectivity index (χ0v) is 19.2. The summed E-state index contributed by atoms with van der Waals surface area (Å²) in [4.78, 5) is 26.0. The number of nitrogens with one attached hydrogen (secondary N) is 4. The third-order valence-corrected chi connectivity index (χ3v) is 6.61. The topological polar surface area (TPSA) is 142 Å². The first-order chi connectivity index (χ1) is 16.3. The number of sulfonamides is 1. The van der Waals surface area contributed by atoms with Crippen molar-refractivity contribution in [1.29, 1.82) is 0 Å². The Hall–Kier alpha value is -4.09. The van der Waals surface area contributed by atoms with E-state index in [1.54, 1.807) is 36.4 Å². The van der Waals surface area contributed by atoms with Gasteiger partial charge in [-0.2, -0.15) is 0 Å². The van der Waals surface area contributed by atoms with Crippen molar-refractivity contribution in [2.75, 3.05) is 17.1 Å². The molecule has 0 atom stereocenters. The molecular weight excluding hydrogens is 480 g/mol. The molecule has 3 aromatic carbocycles. The van der Waals surface area contributed by atoms with Crippen LogP contribution in [0.4, 0.5) is 17.3 Å². The highest BCUT2D eigenvalue weighted by atomic mass is 35.5. The molecule has 5 aromatic rings. The molecule has 0 amide bonds. The van der Waals surface area contributed by atoms with Gasteiger partial charge in [-0.3, -0.25) is 4.72 Å². The minimum atomic E-state index is -3.99. The van der Waals surface area contributed by atoms with Crippen LogP contribution in [0.3, 0.4) is 0 Å². The van der Waals surface area contributed by atoms with E-state index < -0.39 is 10.0 Å². The van der Waals surface area contributed by atoms with Crippen LogP contribution in [0.1, 0.15) is 0 Å². The first kappa shape index (κ1) is 21.7. The smallest absolute Gasteiger partial charge is 0.323 e. The number of anilines is 3. The summed E-state index contributed by atoms with van der Waals surface area (Å²) in [7, 11) is -2.45. The second kappa shape index (κ2) is 8.36. The van der Waals surface area contributed by atoms with E-state index in [0.717, 1.165) is 0 Å². The molecule has 2 heterocycles. The summed E-state index contributed by atoms with van der Waals surface area (Å²) in [5.74, 6) is 0.736. The van der Waals surface area contributed by atoms with Gasteiger partial charge in [-0.1, -0.05) is 11.6 Å². The van der Waals surface area contributed by atoms with Crippen LogP contribution in [0.25, 0.3) is 22.1 Å². The van der Waals surface area contributed by atoms with Crippen molar-refractivity contribution in [2.45, 2.75) is 4.90 Å². The highest BCUT2D eigenvalue weighted by Crippen LogP contribution is 2.29. The number of hydrogen-bond acceptors (Lipinski definition) is 7. The molecule has 34 heavy (non-hydrogen) atoms. The molecule has 0 unspecified atom stereocenters. The predicted octanol–water partition coefficient (Wildman–Crippen LogP) is 4.01. The minimum Gasteiger partial charge on any atom is -0.497 e. The number of ether oxygens (including phenoxy) is 1. The van der Waals surface area contributed by atoms with Gasteiger partial charge < -0.3 is 20.0 Å². The Bertz CT molecular complexity index is 1700. The lowest BCUT2D eigenvalue weighted by Crippen LogP contribution is -2.16. The van der Waals surface area contributed by atoms with E-state index in [1.165, 1.54) is 31.4 Å². The van der Waals surface area contributed by atoms with Crippen LogP contribution < -0.4 is 20.5 Å². The largest absolute Gasteiger partial charge is 0.497 e. The summed E-state index contributed by atoms with van der Waals surface area (Å²) in [5.41, 5.74) is 2.40. The van der Waals surface area contributed by atoms with E-state index in [1.807, 2.05) is 0 Å². The monoisotopic (exact) mass is 496 g/mol. The maximum Gasteiger partial charge on any atom is 0.323 e. The van der Waals surface area contributed by atoms with Gasteiger partial charge in [0.25, 0.3) is 10.0 Å². The van der Waals surface area contributed by atoms with Crippen molar-refractivity contribution >= 4 is 61.0 Å². The maximum atomic E-state index is 13.0. The van der Waals surface area contributed by atoms with E-state index in [9.17, 15) is 13.2 Å². The number of aromatic nitrogens is 4. The number of imidazole rings is 1. The van der Waals surface area contributed by atoms with E-state index in [2.05, 4.69) is 30.0 Å². The van der Waals surface area contributed by atoms with E-state index in [0.29, 0.717) is 38.5 Å². The highest BCUT2D eigenvalue weighted by Gasteiger charge is 2.19. The molecule has 12 heteroatoms. The zero-order chi connectivity index (χ0) is 23.9. The number of nitrogens with zero attached hydrogens (tertiary/aromatic N) is 2. The van der Waals surface area contributed by atoms with Crippen LogP contribution >= 0.6 is 11.6 Å². The second-order valence-electron chi connectivity index (χ2n) is 7.30. The van der Waals surface area contributed by atoms with Gasteiger partial charge in [0.05, 0.1) is 34.1 Å². The van der Waals surface area contributed by atoms with E-state index in [-0.39, 0.29) is 22.2 Å². The number of halogens is 1. The molecule has 172 valence electrons. The normalized spacial score (nSPS) is 11.6. The summed E-state index contributed by atoms with van der Waals surface area (Å²) in [6, 6.07) is 16.0. The van der Waals surface area contributed by atoms with Crippen molar-refractivity contribution < 1.29 is 13.2 Å². The number of fused-ring (bicyclic) bond motifs is 2. The van der Waals surface area contributed by atoms with Crippen molar-refractivity contribution in [1.82, 2.24) is 19.9 Å². The first-order valence-electron chi connectivity index (χ1n) is 9.94. The summed E-state index contributed by atoms with van der Waals surface area (Å²) < 4.78 is 33.8. The predicted molar refractivity (Wildman–Crippen MR) is 131 cm³/mol. The fourth-order valence-electron chi connectivity index (χ4n) is 3.37. The molecular formula is C22H17ClN6O4S. The summed E-state index contributed by atoms with van der Waals surface area (Å²) in [6.07, 6.45) is 0. The Kier molecular flexibility index (Phi) is 5.34. The van der Waals surface area contributed by atoms with Crippen LogP contribution in [0.5, 0.6) is 5.75 Å². The standard InChI is InChI=1S/C22H17ClN6O4S/c1-33-14-5-9-16-19(11-14)26-20(24-13-4-8-17-18(10-13)28-22(30)27-17)21(25-16)29-34(31,32)15-6-2-12(23)3-7-15/h2-11H,1H3,(H,24,26)(H,25,29)(H2,27,28,30). The van der Waals surface area contributed by atoms with Crippen LogP contribution in [0.2, 0.25) is 5.02 Å². The average molecular weight is 497 g/mol. The molecule has 0 saturated heterocycles. The van der Waals surface area contributed by atoms with Crippen LogP contribution in [0, 0.1) is 0 Å². The lowest BCUT2D eigenvalue weighted by molar-refractivity contribution is 0.415. The number of rotatable bonds is 6. The van der Waals surface area contributed by atoms with Gasteiger partial charge in [0.15, 0.2) is 11.6 Å². The zero-order valence-electron chi connectivity index (χ0n) is 17.6. The van der Waals surface area contributed by atoms with Crippen molar-refractivity contribution in [3.63, 3.8) is 0 Å². The van der Waals surface area contributed by atoms with E-state index >= 15 is 0 Å².